The quantitative estimate of drug-likeness (QED) is 0.707. The van der Waals surface area contributed by atoms with E-state index in [1.807, 2.05) is 31.2 Å². The van der Waals surface area contributed by atoms with Crippen LogP contribution in [0.3, 0.4) is 0 Å². The molecule has 0 amide bonds. The molecule has 1 aliphatic rings. The standard InChI is InChI=1S/C20H16ClNO4S/c1-12-8-13(6-7-17(12)21)15-9-18-19(26-11-25-18)10-16(15)14-4-2-3-5-20(14)27(22,23)24/h2-10H,11H2,1H3,(H2,22,23,24). The molecule has 138 valence electrons. The average molecular weight is 402 g/mol. The fourth-order valence-corrected chi connectivity index (χ4v) is 4.02. The number of primary sulfonamides is 1. The highest BCUT2D eigenvalue weighted by molar-refractivity contribution is 7.89. The van der Waals surface area contributed by atoms with E-state index in [1.165, 1.54) is 6.07 Å². The fourth-order valence-electron chi connectivity index (χ4n) is 3.15. The predicted octanol–water partition coefficient (Wildman–Crippen LogP) is 4.36. The number of fused-ring (bicyclic) bond motifs is 1. The lowest BCUT2D eigenvalue weighted by Crippen LogP contribution is -2.13. The summed E-state index contributed by atoms with van der Waals surface area (Å²) in [6.45, 7) is 2.03. The van der Waals surface area contributed by atoms with E-state index in [-0.39, 0.29) is 11.7 Å². The summed E-state index contributed by atoms with van der Waals surface area (Å²) in [7, 11) is -3.90. The van der Waals surface area contributed by atoms with Crippen LogP contribution in [0.15, 0.2) is 59.5 Å². The van der Waals surface area contributed by atoms with Gasteiger partial charge in [-0.25, -0.2) is 13.6 Å². The second kappa shape index (κ2) is 6.56. The van der Waals surface area contributed by atoms with Crippen molar-refractivity contribution in [2.75, 3.05) is 6.79 Å². The van der Waals surface area contributed by atoms with Crippen molar-refractivity contribution in [2.24, 2.45) is 5.14 Å². The van der Waals surface area contributed by atoms with E-state index in [2.05, 4.69) is 0 Å². The molecule has 0 radical (unpaired) electrons. The van der Waals surface area contributed by atoms with Gasteiger partial charge in [-0.15, -0.1) is 0 Å². The first kappa shape index (κ1) is 17.9. The Balaban J connectivity index is 2.03. The van der Waals surface area contributed by atoms with Crippen LogP contribution in [0, 0.1) is 6.92 Å². The van der Waals surface area contributed by atoms with Gasteiger partial charge in [0.2, 0.25) is 16.8 Å². The normalized spacial score (nSPS) is 13.0. The number of nitrogens with two attached hydrogens (primary N) is 1. The molecule has 0 aliphatic carbocycles. The van der Waals surface area contributed by atoms with Crippen LogP contribution in [0.4, 0.5) is 0 Å². The van der Waals surface area contributed by atoms with E-state index >= 15 is 0 Å². The molecule has 5 nitrogen and oxygen atoms in total. The van der Waals surface area contributed by atoms with Crippen molar-refractivity contribution in [2.45, 2.75) is 11.8 Å². The summed E-state index contributed by atoms with van der Waals surface area (Å²) in [6, 6.07) is 15.9. The third-order valence-electron chi connectivity index (χ3n) is 4.47. The van der Waals surface area contributed by atoms with Gasteiger partial charge in [-0.05, 0) is 59.5 Å². The van der Waals surface area contributed by atoms with E-state index in [4.69, 9.17) is 26.2 Å². The molecule has 0 fully saturated rings. The van der Waals surface area contributed by atoms with Crippen molar-refractivity contribution in [3.63, 3.8) is 0 Å². The van der Waals surface area contributed by atoms with Crippen LogP contribution in [0.1, 0.15) is 5.56 Å². The van der Waals surface area contributed by atoms with Gasteiger partial charge in [0, 0.05) is 10.6 Å². The lowest BCUT2D eigenvalue weighted by molar-refractivity contribution is 0.174. The molecule has 27 heavy (non-hydrogen) atoms. The van der Waals surface area contributed by atoms with E-state index in [1.54, 1.807) is 24.3 Å². The molecule has 0 spiro atoms. The SMILES string of the molecule is Cc1cc(-c2cc3c(cc2-c2ccccc2S(N)(=O)=O)OCO3)ccc1Cl. The molecule has 0 aromatic heterocycles. The van der Waals surface area contributed by atoms with Gasteiger partial charge < -0.3 is 9.47 Å². The number of halogens is 1. The van der Waals surface area contributed by atoms with Gasteiger partial charge in [-0.1, -0.05) is 35.9 Å². The van der Waals surface area contributed by atoms with Gasteiger partial charge in [0.15, 0.2) is 11.5 Å². The van der Waals surface area contributed by atoms with Gasteiger partial charge in [0.05, 0.1) is 4.90 Å². The average Bonchev–Trinajstić information content (AvgIpc) is 3.10. The predicted molar refractivity (Wildman–Crippen MR) is 105 cm³/mol. The van der Waals surface area contributed by atoms with Crippen molar-refractivity contribution in [3.05, 3.63) is 65.2 Å². The minimum Gasteiger partial charge on any atom is -0.454 e. The molecule has 0 unspecified atom stereocenters. The Kier molecular flexibility index (Phi) is 4.34. The fraction of sp³-hybridized carbons (Fsp3) is 0.100. The summed E-state index contributed by atoms with van der Waals surface area (Å²) in [5, 5.41) is 6.10. The Hall–Kier alpha value is -2.54. The van der Waals surface area contributed by atoms with Gasteiger partial charge in [-0.3, -0.25) is 0 Å². The third-order valence-corrected chi connectivity index (χ3v) is 5.86. The molecule has 3 aromatic carbocycles. The highest BCUT2D eigenvalue weighted by atomic mass is 35.5. The minimum atomic E-state index is -3.90. The summed E-state index contributed by atoms with van der Waals surface area (Å²) < 4.78 is 35.2. The zero-order chi connectivity index (χ0) is 19.2. The lowest BCUT2D eigenvalue weighted by Gasteiger charge is -2.15. The van der Waals surface area contributed by atoms with Crippen LogP contribution in [0.5, 0.6) is 11.5 Å². The Morgan fingerprint density at radius 2 is 1.59 bits per heavy atom. The first-order valence-electron chi connectivity index (χ1n) is 8.17. The number of sulfonamides is 1. The summed E-state index contributed by atoms with van der Waals surface area (Å²) in [4.78, 5) is 0.0517. The number of hydrogen-bond acceptors (Lipinski definition) is 4. The number of aryl methyl sites for hydroxylation is 1. The molecular weight excluding hydrogens is 386 g/mol. The smallest absolute Gasteiger partial charge is 0.238 e. The second-order valence-corrected chi connectivity index (χ2v) is 8.19. The molecule has 0 saturated heterocycles. The largest absolute Gasteiger partial charge is 0.454 e. The Bertz CT molecular complexity index is 1160. The van der Waals surface area contributed by atoms with E-state index < -0.39 is 10.0 Å². The Morgan fingerprint density at radius 1 is 0.926 bits per heavy atom. The monoisotopic (exact) mass is 401 g/mol. The summed E-state index contributed by atoms with van der Waals surface area (Å²) in [6.07, 6.45) is 0. The number of ether oxygens (including phenoxy) is 2. The summed E-state index contributed by atoms with van der Waals surface area (Å²) >= 11 is 6.16. The van der Waals surface area contributed by atoms with Crippen LogP contribution in [-0.2, 0) is 10.0 Å². The van der Waals surface area contributed by atoms with E-state index in [0.29, 0.717) is 27.6 Å². The number of benzene rings is 3. The highest BCUT2D eigenvalue weighted by Crippen LogP contribution is 2.44. The molecule has 0 atom stereocenters. The Labute approximate surface area is 162 Å². The second-order valence-electron chi connectivity index (χ2n) is 6.26. The molecule has 0 saturated carbocycles. The number of rotatable bonds is 3. The zero-order valence-corrected chi connectivity index (χ0v) is 16.0. The summed E-state index contributed by atoms with van der Waals surface area (Å²) in [5.41, 5.74) is 3.79. The molecule has 4 rings (SSSR count). The zero-order valence-electron chi connectivity index (χ0n) is 14.4. The van der Waals surface area contributed by atoms with Crippen molar-refractivity contribution in [1.82, 2.24) is 0 Å². The minimum absolute atomic E-state index is 0.0517. The maximum atomic E-state index is 12.1. The molecule has 7 heteroatoms. The molecule has 2 N–H and O–H groups in total. The maximum absolute atomic E-state index is 12.1. The molecule has 0 bridgehead atoms. The van der Waals surface area contributed by atoms with E-state index in [9.17, 15) is 8.42 Å². The van der Waals surface area contributed by atoms with E-state index in [0.717, 1.165) is 16.7 Å². The van der Waals surface area contributed by atoms with Gasteiger partial charge in [0.1, 0.15) is 0 Å². The topological polar surface area (TPSA) is 78.6 Å². The maximum Gasteiger partial charge on any atom is 0.238 e. The molecule has 3 aromatic rings. The van der Waals surface area contributed by atoms with Gasteiger partial charge >= 0.3 is 0 Å². The molecular formula is C20H16ClNO4S. The van der Waals surface area contributed by atoms with Crippen LogP contribution in [0.2, 0.25) is 5.02 Å². The van der Waals surface area contributed by atoms with Crippen molar-refractivity contribution >= 4 is 21.6 Å². The van der Waals surface area contributed by atoms with Crippen molar-refractivity contribution < 1.29 is 17.9 Å². The number of hydrogen-bond donors (Lipinski definition) is 1. The van der Waals surface area contributed by atoms with Crippen molar-refractivity contribution in [3.8, 4) is 33.8 Å². The lowest BCUT2D eigenvalue weighted by atomic mass is 9.93. The van der Waals surface area contributed by atoms with Gasteiger partial charge in [0.25, 0.3) is 0 Å². The molecule has 1 heterocycles. The first-order valence-corrected chi connectivity index (χ1v) is 10.1. The Morgan fingerprint density at radius 3 is 2.26 bits per heavy atom. The van der Waals surface area contributed by atoms with Crippen LogP contribution < -0.4 is 14.6 Å². The third kappa shape index (κ3) is 3.27. The van der Waals surface area contributed by atoms with Crippen molar-refractivity contribution in [1.29, 1.82) is 0 Å². The van der Waals surface area contributed by atoms with Crippen LogP contribution >= 0.6 is 11.6 Å². The molecule has 1 aliphatic heterocycles. The highest BCUT2D eigenvalue weighted by Gasteiger charge is 2.23. The van der Waals surface area contributed by atoms with Crippen LogP contribution in [0.25, 0.3) is 22.3 Å². The van der Waals surface area contributed by atoms with Crippen LogP contribution in [-0.4, -0.2) is 15.2 Å². The summed E-state index contributed by atoms with van der Waals surface area (Å²) in [5.74, 6) is 1.16. The van der Waals surface area contributed by atoms with Gasteiger partial charge in [-0.2, -0.15) is 0 Å². The first-order chi connectivity index (χ1) is 12.8.